The Bertz CT molecular complexity index is 466. The molecule has 3 nitrogen and oxygen atoms in total. The fourth-order valence-corrected chi connectivity index (χ4v) is 1.73. The highest BCUT2D eigenvalue weighted by Crippen LogP contribution is 2.36. The van der Waals surface area contributed by atoms with Crippen molar-refractivity contribution >= 4 is 5.69 Å². The molecule has 1 unspecified atom stereocenters. The number of halogens is 3. The quantitative estimate of drug-likeness (QED) is 0.865. The molecule has 0 fully saturated rings. The summed E-state index contributed by atoms with van der Waals surface area (Å²) in [5, 5.41) is 20.3. The fraction of sp³-hybridized carbons (Fsp3) is 0.462. The van der Waals surface area contributed by atoms with Crippen molar-refractivity contribution in [3.63, 3.8) is 0 Å². The Labute approximate surface area is 109 Å². The zero-order valence-electron chi connectivity index (χ0n) is 10.5. The van der Waals surface area contributed by atoms with Crippen LogP contribution in [-0.4, -0.2) is 17.8 Å². The summed E-state index contributed by atoms with van der Waals surface area (Å²) >= 11 is 0. The minimum atomic E-state index is -4.52. The maximum atomic E-state index is 12.9. The normalized spacial score (nSPS) is 12.8. The Hall–Kier alpha value is -1.74. The summed E-state index contributed by atoms with van der Waals surface area (Å²) in [6.45, 7) is 1.73. The Morgan fingerprint density at radius 3 is 2.58 bits per heavy atom. The summed E-state index contributed by atoms with van der Waals surface area (Å²) in [4.78, 5) is 0. The van der Waals surface area contributed by atoms with Crippen LogP contribution in [-0.2, 0) is 6.18 Å². The van der Waals surface area contributed by atoms with Gasteiger partial charge in [-0.3, -0.25) is 0 Å². The Balaban J connectivity index is 3.09. The zero-order valence-corrected chi connectivity index (χ0v) is 10.5. The van der Waals surface area contributed by atoms with E-state index in [2.05, 4.69) is 5.32 Å². The third kappa shape index (κ3) is 4.14. The predicted molar refractivity (Wildman–Crippen MR) is 65.6 cm³/mol. The van der Waals surface area contributed by atoms with Crippen molar-refractivity contribution in [3.8, 4) is 6.07 Å². The average molecular weight is 272 g/mol. The van der Waals surface area contributed by atoms with E-state index >= 15 is 0 Å². The van der Waals surface area contributed by atoms with E-state index in [4.69, 9.17) is 10.4 Å². The number of aliphatic hydroxyl groups excluding tert-OH is 1. The monoisotopic (exact) mass is 272 g/mol. The van der Waals surface area contributed by atoms with Crippen molar-refractivity contribution in [1.29, 1.82) is 5.26 Å². The molecule has 0 heterocycles. The number of anilines is 1. The molecule has 1 aromatic rings. The second-order valence-corrected chi connectivity index (χ2v) is 4.13. The molecule has 0 radical (unpaired) electrons. The molecular formula is C13H15F3N2O. The molecule has 1 rings (SSSR count). The molecule has 0 aliphatic carbocycles. The van der Waals surface area contributed by atoms with Crippen molar-refractivity contribution in [2.24, 2.45) is 0 Å². The molecule has 0 aliphatic rings. The molecule has 1 atom stereocenters. The largest absolute Gasteiger partial charge is 0.418 e. The molecule has 0 amide bonds. The van der Waals surface area contributed by atoms with Crippen molar-refractivity contribution in [2.75, 3.05) is 11.9 Å². The van der Waals surface area contributed by atoms with Crippen molar-refractivity contribution < 1.29 is 18.3 Å². The molecule has 0 spiro atoms. The molecule has 1 aromatic carbocycles. The molecule has 0 saturated carbocycles. The standard InChI is InChI=1S/C13H15F3N2O/c1-2-10(5-6-19)18-12-4-3-9(8-17)7-11(12)13(14,15)16/h3-4,7,10,18-19H,2,5-6H2,1H3. The minimum Gasteiger partial charge on any atom is -0.396 e. The topological polar surface area (TPSA) is 56.0 Å². The summed E-state index contributed by atoms with van der Waals surface area (Å²) in [6, 6.07) is 4.87. The van der Waals surface area contributed by atoms with Gasteiger partial charge in [0.25, 0.3) is 0 Å². The molecule has 6 heteroatoms. The highest BCUT2D eigenvalue weighted by Gasteiger charge is 2.34. The first-order valence-corrected chi connectivity index (χ1v) is 5.91. The SMILES string of the molecule is CCC(CCO)Nc1ccc(C#N)cc1C(F)(F)F. The molecule has 0 aliphatic heterocycles. The van der Waals surface area contributed by atoms with Gasteiger partial charge in [0.05, 0.1) is 17.2 Å². The second kappa shape index (κ2) is 6.43. The molecule has 0 saturated heterocycles. The number of hydrogen-bond donors (Lipinski definition) is 2. The van der Waals surface area contributed by atoms with Crippen LogP contribution in [0.25, 0.3) is 0 Å². The van der Waals surface area contributed by atoms with Gasteiger partial charge >= 0.3 is 6.18 Å². The van der Waals surface area contributed by atoms with Crippen LogP contribution in [0.5, 0.6) is 0 Å². The first-order chi connectivity index (χ1) is 8.92. The molecule has 0 bridgehead atoms. The fourth-order valence-electron chi connectivity index (χ4n) is 1.73. The van der Waals surface area contributed by atoms with Gasteiger partial charge in [0.1, 0.15) is 0 Å². The van der Waals surface area contributed by atoms with E-state index in [1.807, 2.05) is 6.92 Å². The van der Waals surface area contributed by atoms with Gasteiger partial charge in [-0.2, -0.15) is 18.4 Å². The van der Waals surface area contributed by atoms with E-state index in [9.17, 15) is 13.2 Å². The summed E-state index contributed by atoms with van der Waals surface area (Å²) in [5.74, 6) is 0. The van der Waals surface area contributed by atoms with Gasteiger partial charge in [0.2, 0.25) is 0 Å². The number of aliphatic hydroxyl groups is 1. The van der Waals surface area contributed by atoms with Gasteiger partial charge in [-0.1, -0.05) is 6.92 Å². The molecule has 104 valence electrons. The maximum absolute atomic E-state index is 12.9. The maximum Gasteiger partial charge on any atom is 0.418 e. The van der Waals surface area contributed by atoms with E-state index in [0.29, 0.717) is 12.8 Å². The van der Waals surface area contributed by atoms with Crippen LogP contribution in [0.2, 0.25) is 0 Å². The van der Waals surface area contributed by atoms with Crippen LogP contribution in [0, 0.1) is 11.3 Å². The van der Waals surface area contributed by atoms with Crippen LogP contribution in [0.4, 0.5) is 18.9 Å². The number of hydrogen-bond acceptors (Lipinski definition) is 3. The zero-order chi connectivity index (χ0) is 14.5. The number of rotatable bonds is 5. The number of alkyl halides is 3. The summed E-state index contributed by atoms with van der Waals surface area (Å²) in [7, 11) is 0. The van der Waals surface area contributed by atoms with Crippen molar-refractivity contribution in [3.05, 3.63) is 29.3 Å². The number of benzene rings is 1. The first-order valence-electron chi connectivity index (χ1n) is 5.91. The van der Waals surface area contributed by atoms with Gasteiger partial charge in [-0.15, -0.1) is 0 Å². The molecule has 0 aromatic heterocycles. The van der Waals surface area contributed by atoms with Crippen LogP contribution in [0.3, 0.4) is 0 Å². The van der Waals surface area contributed by atoms with Gasteiger partial charge in [0.15, 0.2) is 0 Å². The van der Waals surface area contributed by atoms with Crippen LogP contribution in [0.1, 0.15) is 30.9 Å². The van der Waals surface area contributed by atoms with E-state index in [0.717, 1.165) is 6.07 Å². The van der Waals surface area contributed by atoms with E-state index in [-0.39, 0.29) is 23.9 Å². The van der Waals surface area contributed by atoms with Crippen molar-refractivity contribution in [2.45, 2.75) is 32.0 Å². The lowest BCUT2D eigenvalue weighted by atomic mass is 10.1. The third-order valence-electron chi connectivity index (χ3n) is 2.78. The number of nitriles is 1. The molecule has 19 heavy (non-hydrogen) atoms. The lowest BCUT2D eigenvalue weighted by Crippen LogP contribution is -2.22. The lowest BCUT2D eigenvalue weighted by molar-refractivity contribution is -0.137. The minimum absolute atomic E-state index is 0.0342. The van der Waals surface area contributed by atoms with Gasteiger partial charge < -0.3 is 10.4 Å². The van der Waals surface area contributed by atoms with Gasteiger partial charge in [-0.25, -0.2) is 0 Å². The Kier molecular flexibility index (Phi) is 5.19. The van der Waals surface area contributed by atoms with Crippen LogP contribution < -0.4 is 5.32 Å². The highest BCUT2D eigenvalue weighted by molar-refractivity contribution is 5.56. The summed E-state index contributed by atoms with van der Waals surface area (Å²) in [6.07, 6.45) is -3.56. The van der Waals surface area contributed by atoms with E-state index < -0.39 is 11.7 Å². The Morgan fingerprint density at radius 1 is 1.42 bits per heavy atom. The van der Waals surface area contributed by atoms with Crippen molar-refractivity contribution in [1.82, 2.24) is 0 Å². The lowest BCUT2D eigenvalue weighted by Gasteiger charge is -2.21. The average Bonchev–Trinajstić information content (AvgIpc) is 2.37. The summed E-state index contributed by atoms with van der Waals surface area (Å²) in [5.41, 5.74) is -0.956. The van der Waals surface area contributed by atoms with Gasteiger partial charge in [-0.05, 0) is 31.0 Å². The molecule has 2 N–H and O–H groups in total. The third-order valence-corrected chi connectivity index (χ3v) is 2.78. The highest BCUT2D eigenvalue weighted by atomic mass is 19.4. The number of nitrogens with zero attached hydrogens (tertiary/aromatic N) is 1. The Morgan fingerprint density at radius 2 is 2.11 bits per heavy atom. The van der Waals surface area contributed by atoms with E-state index in [1.54, 1.807) is 6.07 Å². The second-order valence-electron chi connectivity index (χ2n) is 4.13. The van der Waals surface area contributed by atoms with Crippen LogP contribution >= 0.6 is 0 Å². The van der Waals surface area contributed by atoms with Gasteiger partial charge in [0, 0.05) is 18.3 Å². The summed E-state index contributed by atoms with van der Waals surface area (Å²) < 4.78 is 38.7. The smallest absolute Gasteiger partial charge is 0.396 e. The predicted octanol–water partition coefficient (Wildman–Crippen LogP) is 3.15. The molecular weight excluding hydrogens is 257 g/mol. The van der Waals surface area contributed by atoms with E-state index in [1.165, 1.54) is 12.1 Å². The van der Waals surface area contributed by atoms with Crippen LogP contribution in [0.15, 0.2) is 18.2 Å². The number of nitrogens with one attached hydrogen (secondary N) is 1. The first kappa shape index (κ1) is 15.3.